The number of aryl methyl sites for hydroxylation is 1. The van der Waals surface area contributed by atoms with Crippen LogP contribution in [0.2, 0.25) is 0 Å². The van der Waals surface area contributed by atoms with Crippen molar-refractivity contribution in [1.82, 2.24) is 0 Å². The van der Waals surface area contributed by atoms with Gasteiger partial charge in [-0.2, -0.15) is 0 Å². The van der Waals surface area contributed by atoms with E-state index in [1.165, 1.54) is 12.8 Å². The van der Waals surface area contributed by atoms with Crippen LogP contribution in [-0.2, 0) is 12.8 Å². The van der Waals surface area contributed by atoms with Gasteiger partial charge in [0.05, 0.1) is 0 Å². The topological polar surface area (TPSA) is 40.5 Å². The highest BCUT2D eigenvalue weighted by atomic mass is 16.3. The fourth-order valence-electron chi connectivity index (χ4n) is 1.78. The van der Waals surface area contributed by atoms with Crippen molar-refractivity contribution in [3.63, 3.8) is 0 Å². The number of hydrogen-bond acceptors (Lipinski definition) is 2. The van der Waals surface area contributed by atoms with Crippen LogP contribution in [0.15, 0.2) is 12.1 Å². The maximum absolute atomic E-state index is 9.67. The summed E-state index contributed by atoms with van der Waals surface area (Å²) in [7, 11) is 0. The lowest BCUT2D eigenvalue weighted by molar-refractivity contribution is 0.438. The van der Waals surface area contributed by atoms with Gasteiger partial charge in [-0.1, -0.05) is 26.7 Å². The van der Waals surface area contributed by atoms with Gasteiger partial charge in [0.2, 0.25) is 0 Å². The lowest BCUT2D eigenvalue weighted by Crippen LogP contribution is -1.89. The van der Waals surface area contributed by atoms with Crippen LogP contribution < -0.4 is 0 Å². The molecule has 15 heavy (non-hydrogen) atoms. The number of phenolic OH excluding ortho intramolecular Hbond substituents is 2. The van der Waals surface area contributed by atoms with Crippen molar-refractivity contribution >= 4 is 0 Å². The molecule has 1 aromatic rings. The quantitative estimate of drug-likeness (QED) is 0.728. The third kappa shape index (κ3) is 3.15. The van der Waals surface area contributed by atoms with E-state index in [2.05, 4.69) is 6.92 Å². The van der Waals surface area contributed by atoms with Crippen LogP contribution in [0.3, 0.4) is 0 Å². The first-order chi connectivity index (χ1) is 7.19. The number of benzene rings is 1. The smallest absolute Gasteiger partial charge is 0.122 e. The summed E-state index contributed by atoms with van der Waals surface area (Å²) < 4.78 is 0. The minimum absolute atomic E-state index is 0.226. The highest BCUT2D eigenvalue weighted by Gasteiger charge is 2.07. The summed E-state index contributed by atoms with van der Waals surface area (Å²) in [6, 6.07) is 3.54. The fraction of sp³-hybridized carbons (Fsp3) is 0.538. The Hall–Kier alpha value is -1.18. The van der Waals surface area contributed by atoms with E-state index in [1.54, 1.807) is 12.1 Å². The molecule has 0 aromatic heterocycles. The second-order valence-corrected chi connectivity index (χ2v) is 3.92. The Kier molecular flexibility index (Phi) is 4.47. The Morgan fingerprint density at radius 2 is 1.60 bits per heavy atom. The summed E-state index contributed by atoms with van der Waals surface area (Å²) in [4.78, 5) is 0. The van der Waals surface area contributed by atoms with E-state index >= 15 is 0 Å². The molecule has 1 rings (SSSR count). The molecule has 2 heteroatoms. The van der Waals surface area contributed by atoms with Crippen LogP contribution in [0.4, 0.5) is 0 Å². The molecule has 2 N–H and O–H groups in total. The Morgan fingerprint density at radius 3 is 2.07 bits per heavy atom. The van der Waals surface area contributed by atoms with Crippen LogP contribution in [0.25, 0.3) is 0 Å². The normalized spacial score (nSPS) is 10.5. The molecule has 1 aromatic carbocycles. The van der Waals surface area contributed by atoms with Crippen LogP contribution in [0, 0.1) is 0 Å². The van der Waals surface area contributed by atoms with Crippen molar-refractivity contribution in [3.8, 4) is 11.5 Å². The molecule has 0 heterocycles. The molecule has 0 aliphatic carbocycles. The van der Waals surface area contributed by atoms with E-state index in [0.29, 0.717) is 12.0 Å². The number of phenols is 2. The average molecular weight is 208 g/mol. The van der Waals surface area contributed by atoms with E-state index in [4.69, 9.17) is 0 Å². The minimum atomic E-state index is 0.226. The first kappa shape index (κ1) is 11.9. The van der Waals surface area contributed by atoms with Gasteiger partial charge in [0.15, 0.2) is 0 Å². The molecule has 0 aliphatic rings. The zero-order valence-electron chi connectivity index (χ0n) is 9.58. The third-order valence-corrected chi connectivity index (χ3v) is 2.69. The minimum Gasteiger partial charge on any atom is -0.508 e. The molecule has 0 saturated carbocycles. The van der Waals surface area contributed by atoms with Crippen molar-refractivity contribution < 1.29 is 10.2 Å². The van der Waals surface area contributed by atoms with Gasteiger partial charge in [0.1, 0.15) is 11.5 Å². The molecule has 0 spiro atoms. The van der Waals surface area contributed by atoms with Crippen LogP contribution in [0.5, 0.6) is 11.5 Å². The molecule has 0 bridgehead atoms. The number of hydrogen-bond donors (Lipinski definition) is 2. The molecule has 0 amide bonds. The Morgan fingerprint density at radius 1 is 1.00 bits per heavy atom. The summed E-state index contributed by atoms with van der Waals surface area (Å²) in [5, 5.41) is 19.3. The highest BCUT2D eigenvalue weighted by molar-refractivity contribution is 5.46. The molecular weight excluding hydrogens is 188 g/mol. The summed E-state index contributed by atoms with van der Waals surface area (Å²) in [6.45, 7) is 4.08. The van der Waals surface area contributed by atoms with Gasteiger partial charge in [-0.3, -0.25) is 0 Å². The van der Waals surface area contributed by atoms with Crippen LogP contribution in [-0.4, -0.2) is 10.2 Å². The number of unbranched alkanes of at least 4 members (excludes halogenated alkanes) is 2. The van der Waals surface area contributed by atoms with E-state index in [-0.39, 0.29) is 11.5 Å². The van der Waals surface area contributed by atoms with Crippen molar-refractivity contribution in [3.05, 3.63) is 23.3 Å². The van der Waals surface area contributed by atoms with E-state index < -0.39 is 0 Å². The van der Waals surface area contributed by atoms with Crippen molar-refractivity contribution in [1.29, 1.82) is 0 Å². The number of rotatable bonds is 5. The average Bonchev–Trinajstić information content (AvgIpc) is 2.18. The first-order valence-electron chi connectivity index (χ1n) is 5.72. The van der Waals surface area contributed by atoms with Crippen molar-refractivity contribution in [2.75, 3.05) is 0 Å². The molecule has 0 atom stereocenters. The molecule has 84 valence electrons. The molecule has 0 fully saturated rings. The predicted molar refractivity (Wildman–Crippen MR) is 62.4 cm³/mol. The molecule has 2 nitrogen and oxygen atoms in total. The summed E-state index contributed by atoms with van der Waals surface area (Å²) in [6.07, 6.45) is 5.08. The van der Waals surface area contributed by atoms with E-state index in [1.807, 2.05) is 6.92 Å². The van der Waals surface area contributed by atoms with Gasteiger partial charge < -0.3 is 10.2 Å². The zero-order chi connectivity index (χ0) is 11.3. The third-order valence-electron chi connectivity index (χ3n) is 2.69. The second kappa shape index (κ2) is 5.64. The monoisotopic (exact) mass is 208 g/mol. The summed E-state index contributed by atoms with van der Waals surface area (Å²) in [5.74, 6) is 0.452. The van der Waals surface area contributed by atoms with Crippen molar-refractivity contribution in [2.24, 2.45) is 0 Å². The Bertz CT molecular complexity index is 295. The van der Waals surface area contributed by atoms with E-state index in [9.17, 15) is 10.2 Å². The van der Waals surface area contributed by atoms with E-state index in [0.717, 1.165) is 18.4 Å². The second-order valence-electron chi connectivity index (χ2n) is 3.92. The molecule has 0 aliphatic heterocycles. The Balaban J connectivity index is 2.75. The zero-order valence-corrected chi connectivity index (χ0v) is 9.58. The van der Waals surface area contributed by atoms with Gasteiger partial charge in [-0.05, 0) is 37.0 Å². The summed E-state index contributed by atoms with van der Waals surface area (Å²) in [5.41, 5.74) is 1.67. The highest BCUT2D eigenvalue weighted by Crippen LogP contribution is 2.29. The van der Waals surface area contributed by atoms with Crippen LogP contribution in [0.1, 0.15) is 44.2 Å². The van der Waals surface area contributed by atoms with Crippen molar-refractivity contribution in [2.45, 2.75) is 46.0 Å². The first-order valence-corrected chi connectivity index (χ1v) is 5.72. The van der Waals surface area contributed by atoms with Crippen LogP contribution >= 0.6 is 0 Å². The standard InChI is InChI=1S/C13H20O2/c1-3-5-6-7-10-8-12(14)11(4-2)13(15)9-10/h8-9,14-15H,3-7H2,1-2H3. The predicted octanol–water partition coefficient (Wildman–Crippen LogP) is 3.39. The maximum atomic E-state index is 9.67. The molecule has 0 saturated heterocycles. The fourth-order valence-corrected chi connectivity index (χ4v) is 1.78. The molecule has 0 unspecified atom stereocenters. The van der Waals surface area contributed by atoms with Gasteiger partial charge in [0, 0.05) is 5.56 Å². The molecule has 0 radical (unpaired) electrons. The van der Waals surface area contributed by atoms with Gasteiger partial charge in [-0.25, -0.2) is 0 Å². The maximum Gasteiger partial charge on any atom is 0.122 e. The lowest BCUT2D eigenvalue weighted by Gasteiger charge is -2.08. The number of aromatic hydroxyl groups is 2. The van der Waals surface area contributed by atoms with Gasteiger partial charge in [0.25, 0.3) is 0 Å². The largest absolute Gasteiger partial charge is 0.508 e. The van der Waals surface area contributed by atoms with Gasteiger partial charge in [-0.15, -0.1) is 0 Å². The molecular formula is C13H20O2. The summed E-state index contributed by atoms with van der Waals surface area (Å²) >= 11 is 0. The van der Waals surface area contributed by atoms with Gasteiger partial charge >= 0.3 is 0 Å². The Labute approximate surface area is 91.6 Å². The lowest BCUT2D eigenvalue weighted by atomic mass is 10.0. The SMILES string of the molecule is CCCCCc1cc(O)c(CC)c(O)c1.